The zero-order valence-electron chi connectivity index (χ0n) is 20.4. The minimum Gasteiger partial charge on any atom is -0.348 e. The minimum atomic E-state index is -4.63. The van der Waals surface area contributed by atoms with Crippen LogP contribution in [0.2, 0.25) is 0 Å². The Morgan fingerprint density at radius 3 is 2.19 bits per heavy atom. The number of hydrogen-bond acceptors (Lipinski definition) is 4. The standard InChI is InChI=1S/C26H29F3N4O3/c1-15-4-5-16(2)33(15)23(35)19-8-6-18(7-9-19)17(3)31-24(36)25(10-11-25)32-22(34)20-12-21(14-30-13-20)26(27,28)29/h6-9,12-17H,4-5,10-11H2,1-3H3,(H,31,36)(H,32,34)/t15-,16-,17-/m1/s1. The van der Waals surface area contributed by atoms with E-state index in [2.05, 4.69) is 15.6 Å². The SMILES string of the molecule is C[C@@H]1CC[C@@H](C)N1C(=O)c1ccc([C@@H](C)NC(=O)C2(NC(=O)c3cncc(C(F)(F)F)c3)CC2)cc1. The first-order chi connectivity index (χ1) is 16.9. The molecule has 0 spiro atoms. The fourth-order valence-electron chi connectivity index (χ4n) is 4.62. The molecule has 2 aliphatic rings. The van der Waals surface area contributed by atoms with Crippen LogP contribution in [0.5, 0.6) is 0 Å². The predicted octanol–water partition coefficient (Wildman–Crippen LogP) is 4.25. The van der Waals surface area contributed by atoms with E-state index in [0.717, 1.165) is 24.6 Å². The zero-order chi connectivity index (χ0) is 26.3. The molecule has 2 fully saturated rings. The summed E-state index contributed by atoms with van der Waals surface area (Å²) < 4.78 is 38.8. The lowest BCUT2D eigenvalue weighted by Gasteiger charge is -2.26. The van der Waals surface area contributed by atoms with Crippen molar-refractivity contribution in [2.45, 2.75) is 76.3 Å². The smallest absolute Gasteiger partial charge is 0.348 e. The lowest BCUT2D eigenvalue weighted by Crippen LogP contribution is -2.49. The summed E-state index contributed by atoms with van der Waals surface area (Å²) in [6, 6.07) is 7.76. The second kappa shape index (κ2) is 9.55. The number of halogens is 3. The van der Waals surface area contributed by atoms with Crippen LogP contribution in [0.15, 0.2) is 42.7 Å². The summed E-state index contributed by atoms with van der Waals surface area (Å²) in [7, 11) is 0. The number of rotatable bonds is 6. The maximum absolute atomic E-state index is 12.9. The Bertz CT molecular complexity index is 1150. The van der Waals surface area contributed by atoms with Crippen LogP contribution in [0.1, 0.15) is 84.3 Å². The van der Waals surface area contributed by atoms with Crippen molar-refractivity contribution in [3.8, 4) is 0 Å². The molecule has 3 amide bonds. The number of aromatic nitrogens is 1. The van der Waals surface area contributed by atoms with Gasteiger partial charge in [0.2, 0.25) is 5.91 Å². The fourth-order valence-corrected chi connectivity index (χ4v) is 4.62. The Morgan fingerprint density at radius 1 is 1.03 bits per heavy atom. The highest BCUT2D eigenvalue weighted by molar-refractivity contribution is 6.00. The molecule has 1 aliphatic carbocycles. The van der Waals surface area contributed by atoms with Gasteiger partial charge in [-0.05, 0) is 70.2 Å². The van der Waals surface area contributed by atoms with Crippen LogP contribution in [-0.4, -0.2) is 45.2 Å². The highest BCUT2D eigenvalue weighted by Gasteiger charge is 2.51. The van der Waals surface area contributed by atoms with Gasteiger partial charge in [0.05, 0.1) is 17.2 Å². The molecule has 36 heavy (non-hydrogen) atoms. The number of nitrogens with one attached hydrogen (secondary N) is 2. The van der Waals surface area contributed by atoms with Crippen LogP contribution >= 0.6 is 0 Å². The minimum absolute atomic E-state index is 0.0144. The van der Waals surface area contributed by atoms with E-state index in [-0.39, 0.29) is 23.6 Å². The van der Waals surface area contributed by atoms with Crippen LogP contribution in [0.4, 0.5) is 13.2 Å². The van der Waals surface area contributed by atoms with E-state index >= 15 is 0 Å². The lowest BCUT2D eigenvalue weighted by atomic mass is 10.0. The predicted molar refractivity (Wildman–Crippen MR) is 126 cm³/mol. The molecule has 0 unspecified atom stereocenters. The third-order valence-electron chi connectivity index (χ3n) is 7.06. The van der Waals surface area contributed by atoms with E-state index in [0.29, 0.717) is 30.7 Å². The molecular weight excluding hydrogens is 473 g/mol. The second-order valence-electron chi connectivity index (χ2n) is 9.80. The summed E-state index contributed by atoms with van der Waals surface area (Å²) in [6.07, 6.45) is -0.227. The monoisotopic (exact) mass is 502 g/mol. The molecule has 1 aromatic carbocycles. The number of likely N-dealkylation sites (tertiary alicyclic amines) is 1. The molecule has 3 atom stereocenters. The Morgan fingerprint density at radius 2 is 1.64 bits per heavy atom. The van der Waals surface area contributed by atoms with Crippen LogP contribution in [0.3, 0.4) is 0 Å². The summed E-state index contributed by atoms with van der Waals surface area (Å²) in [6.45, 7) is 5.88. The third-order valence-corrected chi connectivity index (χ3v) is 7.06. The summed E-state index contributed by atoms with van der Waals surface area (Å²) in [5.74, 6) is -1.22. The molecule has 192 valence electrons. The van der Waals surface area contributed by atoms with Crippen molar-refractivity contribution in [1.29, 1.82) is 0 Å². The van der Waals surface area contributed by atoms with Crippen molar-refractivity contribution in [3.05, 3.63) is 65.0 Å². The molecule has 1 saturated carbocycles. The maximum Gasteiger partial charge on any atom is 0.417 e. The van der Waals surface area contributed by atoms with E-state index in [1.165, 1.54) is 0 Å². The Kier molecular flexibility index (Phi) is 6.81. The molecule has 0 radical (unpaired) electrons. The van der Waals surface area contributed by atoms with Crippen molar-refractivity contribution < 1.29 is 27.6 Å². The number of hydrogen-bond donors (Lipinski definition) is 2. The van der Waals surface area contributed by atoms with Gasteiger partial charge in [0, 0.05) is 30.0 Å². The van der Waals surface area contributed by atoms with Gasteiger partial charge in [0.15, 0.2) is 0 Å². The van der Waals surface area contributed by atoms with Gasteiger partial charge in [-0.15, -0.1) is 0 Å². The fraction of sp³-hybridized carbons (Fsp3) is 0.462. The topological polar surface area (TPSA) is 91.4 Å². The molecule has 1 aliphatic heterocycles. The summed E-state index contributed by atoms with van der Waals surface area (Å²) in [5, 5.41) is 5.44. The summed E-state index contributed by atoms with van der Waals surface area (Å²) in [5.41, 5.74) is -1.10. The van der Waals surface area contributed by atoms with Gasteiger partial charge in [0.25, 0.3) is 11.8 Å². The van der Waals surface area contributed by atoms with Gasteiger partial charge in [-0.3, -0.25) is 19.4 Å². The van der Waals surface area contributed by atoms with Crippen LogP contribution < -0.4 is 10.6 Å². The second-order valence-corrected chi connectivity index (χ2v) is 9.80. The van der Waals surface area contributed by atoms with Gasteiger partial charge in [-0.25, -0.2) is 0 Å². The number of alkyl halides is 3. The van der Waals surface area contributed by atoms with Crippen molar-refractivity contribution in [2.75, 3.05) is 0 Å². The number of nitrogens with zero attached hydrogens (tertiary/aromatic N) is 2. The quantitative estimate of drug-likeness (QED) is 0.618. The first-order valence-electron chi connectivity index (χ1n) is 12.0. The zero-order valence-corrected chi connectivity index (χ0v) is 20.4. The molecule has 4 rings (SSSR count). The summed E-state index contributed by atoms with van der Waals surface area (Å²) >= 11 is 0. The molecule has 10 heteroatoms. The Labute approximate surface area is 207 Å². The number of pyridine rings is 1. The normalized spacial score (nSPS) is 21.6. The van der Waals surface area contributed by atoms with Gasteiger partial charge < -0.3 is 15.5 Å². The van der Waals surface area contributed by atoms with Gasteiger partial charge in [-0.1, -0.05) is 12.1 Å². The Balaban J connectivity index is 1.38. The number of carbonyl (C=O) groups is 3. The molecule has 2 N–H and O–H groups in total. The number of carbonyl (C=O) groups excluding carboxylic acids is 3. The van der Waals surface area contributed by atoms with E-state index < -0.39 is 35.1 Å². The van der Waals surface area contributed by atoms with E-state index in [1.54, 1.807) is 31.2 Å². The third kappa shape index (κ3) is 5.22. The average molecular weight is 503 g/mol. The van der Waals surface area contributed by atoms with Crippen molar-refractivity contribution in [3.63, 3.8) is 0 Å². The molecule has 2 heterocycles. The van der Waals surface area contributed by atoms with E-state index in [1.807, 2.05) is 18.7 Å². The van der Waals surface area contributed by atoms with Gasteiger partial charge >= 0.3 is 6.18 Å². The van der Waals surface area contributed by atoms with Gasteiger partial charge in [0.1, 0.15) is 5.54 Å². The number of amides is 3. The maximum atomic E-state index is 12.9. The van der Waals surface area contributed by atoms with Crippen molar-refractivity contribution >= 4 is 17.7 Å². The van der Waals surface area contributed by atoms with Crippen LogP contribution in [0.25, 0.3) is 0 Å². The molecule has 2 aromatic rings. The van der Waals surface area contributed by atoms with Crippen LogP contribution in [-0.2, 0) is 11.0 Å². The molecular formula is C26H29F3N4O3. The van der Waals surface area contributed by atoms with Crippen molar-refractivity contribution in [1.82, 2.24) is 20.5 Å². The Hall–Kier alpha value is -3.43. The first-order valence-corrected chi connectivity index (χ1v) is 12.0. The van der Waals surface area contributed by atoms with E-state index in [9.17, 15) is 27.6 Å². The molecule has 1 aromatic heterocycles. The molecule has 7 nitrogen and oxygen atoms in total. The van der Waals surface area contributed by atoms with Crippen molar-refractivity contribution in [2.24, 2.45) is 0 Å². The van der Waals surface area contributed by atoms with Crippen LogP contribution in [0, 0.1) is 0 Å². The lowest BCUT2D eigenvalue weighted by molar-refractivity contribution is -0.137. The van der Waals surface area contributed by atoms with Gasteiger partial charge in [-0.2, -0.15) is 13.2 Å². The molecule has 0 bridgehead atoms. The first kappa shape index (κ1) is 25.7. The average Bonchev–Trinajstić information content (AvgIpc) is 3.55. The largest absolute Gasteiger partial charge is 0.417 e. The summed E-state index contributed by atoms with van der Waals surface area (Å²) in [4.78, 5) is 43.8. The highest BCUT2D eigenvalue weighted by Crippen LogP contribution is 2.37. The highest BCUT2D eigenvalue weighted by atomic mass is 19.4. The van der Waals surface area contributed by atoms with E-state index in [4.69, 9.17) is 0 Å². The molecule has 1 saturated heterocycles. The number of benzene rings is 1.